The lowest BCUT2D eigenvalue weighted by Gasteiger charge is -2.10. The van der Waals surface area contributed by atoms with E-state index in [4.69, 9.17) is 9.47 Å². The predicted octanol–water partition coefficient (Wildman–Crippen LogP) is 5.56. The Bertz CT molecular complexity index is 784. The summed E-state index contributed by atoms with van der Waals surface area (Å²) >= 11 is 0. The molecule has 0 aliphatic rings. The van der Waals surface area contributed by atoms with Gasteiger partial charge in [0.2, 0.25) is 5.91 Å². The zero-order chi connectivity index (χ0) is 21.1. The van der Waals surface area contributed by atoms with E-state index in [9.17, 15) is 9.59 Å². The molecule has 156 valence electrons. The molecule has 1 amide bonds. The van der Waals surface area contributed by atoms with Crippen LogP contribution in [-0.4, -0.2) is 25.1 Å². The first-order chi connectivity index (χ1) is 14.0. The molecule has 2 rings (SSSR count). The molecule has 0 bridgehead atoms. The van der Waals surface area contributed by atoms with Gasteiger partial charge < -0.3 is 14.8 Å². The summed E-state index contributed by atoms with van der Waals surface area (Å²) in [6.45, 7) is 7.22. The van der Waals surface area contributed by atoms with Gasteiger partial charge in [-0.25, -0.2) is 4.79 Å². The van der Waals surface area contributed by atoms with Gasteiger partial charge in [0, 0.05) is 12.1 Å². The molecular formula is C24H31NO4. The molecule has 29 heavy (non-hydrogen) atoms. The van der Waals surface area contributed by atoms with Crippen LogP contribution < -0.4 is 10.1 Å². The summed E-state index contributed by atoms with van der Waals surface area (Å²) in [6, 6.07) is 14.9. The van der Waals surface area contributed by atoms with Crippen LogP contribution in [0.15, 0.2) is 48.5 Å². The van der Waals surface area contributed by atoms with Gasteiger partial charge >= 0.3 is 5.97 Å². The van der Waals surface area contributed by atoms with Crippen LogP contribution in [0.1, 0.15) is 68.3 Å². The number of amides is 1. The highest BCUT2D eigenvalue weighted by atomic mass is 16.5. The third-order valence-corrected chi connectivity index (χ3v) is 4.48. The Morgan fingerprint density at radius 2 is 1.76 bits per heavy atom. The first-order valence-corrected chi connectivity index (χ1v) is 10.3. The Labute approximate surface area is 173 Å². The van der Waals surface area contributed by atoms with Crippen molar-refractivity contribution in [3.63, 3.8) is 0 Å². The number of ether oxygens (including phenoxy) is 2. The maximum absolute atomic E-state index is 12.2. The first kappa shape index (κ1) is 22.5. The number of unbranched alkanes of at least 4 members (excludes halogenated alkanes) is 1. The van der Waals surface area contributed by atoms with Gasteiger partial charge in [-0.1, -0.05) is 45.4 Å². The lowest BCUT2D eigenvalue weighted by molar-refractivity contribution is -0.116. The summed E-state index contributed by atoms with van der Waals surface area (Å²) < 4.78 is 10.9. The van der Waals surface area contributed by atoms with Crippen LogP contribution in [0.5, 0.6) is 5.75 Å². The highest BCUT2D eigenvalue weighted by Crippen LogP contribution is 2.19. The molecule has 0 aliphatic heterocycles. The zero-order valence-electron chi connectivity index (χ0n) is 17.6. The summed E-state index contributed by atoms with van der Waals surface area (Å²) in [6.07, 6.45) is 2.76. The third-order valence-electron chi connectivity index (χ3n) is 4.48. The second-order valence-corrected chi connectivity index (χ2v) is 7.29. The molecule has 2 aromatic carbocycles. The van der Waals surface area contributed by atoms with Crippen LogP contribution in [0.25, 0.3) is 0 Å². The standard InChI is InChI=1S/C24H31NO4/c1-4-5-15-29-24(27)20-8-6-9-21(17-20)25-23(26)10-7-16-28-22-13-11-19(12-14-22)18(2)3/h6,8-9,11-14,17-18H,4-5,7,10,15-16H2,1-3H3,(H,25,26). The Morgan fingerprint density at radius 3 is 2.45 bits per heavy atom. The van der Waals surface area contributed by atoms with Crippen molar-refractivity contribution in [3.8, 4) is 5.75 Å². The minimum absolute atomic E-state index is 0.111. The number of hydrogen-bond donors (Lipinski definition) is 1. The van der Waals surface area contributed by atoms with Gasteiger partial charge in [0.1, 0.15) is 5.75 Å². The van der Waals surface area contributed by atoms with Crippen LogP contribution in [0, 0.1) is 0 Å². The number of carbonyl (C=O) groups is 2. The zero-order valence-corrected chi connectivity index (χ0v) is 17.6. The molecule has 0 heterocycles. The third kappa shape index (κ3) is 7.98. The van der Waals surface area contributed by atoms with Crippen LogP contribution in [-0.2, 0) is 9.53 Å². The van der Waals surface area contributed by atoms with E-state index in [-0.39, 0.29) is 11.9 Å². The maximum Gasteiger partial charge on any atom is 0.338 e. The summed E-state index contributed by atoms with van der Waals surface area (Å²) in [5.74, 6) is 0.820. The van der Waals surface area contributed by atoms with Crippen LogP contribution in [0.4, 0.5) is 5.69 Å². The van der Waals surface area contributed by atoms with Crippen molar-refractivity contribution in [3.05, 3.63) is 59.7 Å². The molecule has 0 spiro atoms. The molecule has 0 radical (unpaired) electrons. The van der Waals surface area contributed by atoms with Crippen molar-refractivity contribution < 1.29 is 19.1 Å². The number of benzene rings is 2. The van der Waals surface area contributed by atoms with Gasteiger partial charge in [-0.3, -0.25) is 4.79 Å². The van der Waals surface area contributed by atoms with E-state index in [0.717, 1.165) is 18.6 Å². The van der Waals surface area contributed by atoms with E-state index in [2.05, 4.69) is 31.3 Å². The minimum Gasteiger partial charge on any atom is -0.494 e. The van der Waals surface area contributed by atoms with Gasteiger partial charge in [-0.15, -0.1) is 0 Å². The topological polar surface area (TPSA) is 64.6 Å². The Morgan fingerprint density at radius 1 is 1.00 bits per heavy atom. The molecule has 2 aromatic rings. The average molecular weight is 398 g/mol. The quantitative estimate of drug-likeness (QED) is 0.398. The van der Waals surface area contributed by atoms with E-state index >= 15 is 0 Å². The number of rotatable bonds is 11. The van der Waals surface area contributed by atoms with Gasteiger partial charge in [0.05, 0.1) is 18.8 Å². The summed E-state index contributed by atoms with van der Waals surface area (Å²) in [5, 5.41) is 2.82. The highest BCUT2D eigenvalue weighted by Gasteiger charge is 2.09. The van der Waals surface area contributed by atoms with Crippen molar-refractivity contribution in [1.82, 2.24) is 0 Å². The number of anilines is 1. The molecule has 0 atom stereocenters. The van der Waals surface area contributed by atoms with Crippen LogP contribution in [0.3, 0.4) is 0 Å². The number of hydrogen-bond acceptors (Lipinski definition) is 4. The Hall–Kier alpha value is -2.82. The van der Waals surface area contributed by atoms with E-state index in [0.29, 0.717) is 43.2 Å². The number of carbonyl (C=O) groups excluding carboxylic acids is 2. The number of esters is 1. The monoisotopic (exact) mass is 397 g/mol. The van der Waals surface area contributed by atoms with Crippen LogP contribution >= 0.6 is 0 Å². The molecular weight excluding hydrogens is 366 g/mol. The highest BCUT2D eigenvalue weighted by molar-refractivity contribution is 5.94. The van der Waals surface area contributed by atoms with Crippen molar-refractivity contribution in [2.45, 2.75) is 52.4 Å². The molecule has 0 fully saturated rings. The van der Waals surface area contributed by atoms with E-state index in [1.54, 1.807) is 24.3 Å². The molecule has 0 aliphatic carbocycles. The smallest absolute Gasteiger partial charge is 0.338 e. The minimum atomic E-state index is -0.369. The summed E-state index contributed by atoms with van der Waals surface area (Å²) in [5.41, 5.74) is 2.30. The van der Waals surface area contributed by atoms with E-state index in [1.807, 2.05) is 19.1 Å². The van der Waals surface area contributed by atoms with Crippen molar-refractivity contribution in [1.29, 1.82) is 0 Å². The number of nitrogens with one attached hydrogen (secondary N) is 1. The average Bonchev–Trinajstić information content (AvgIpc) is 2.72. The van der Waals surface area contributed by atoms with Crippen LogP contribution in [0.2, 0.25) is 0 Å². The second kappa shape index (κ2) is 11.9. The van der Waals surface area contributed by atoms with Gasteiger partial charge in [-0.05, 0) is 54.7 Å². The summed E-state index contributed by atoms with van der Waals surface area (Å²) in [7, 11) is 0. The Kier molecular flexibility index (Phi) is 9.22. The Balaban J connectivity index is 1.73. The summed E-state index contributed by atoms with van der Waals surface area (Å²) in [4.78, 5) is 24.2. The van der Waals surface area contributed by atoms with Gasteiger partial charge in [0.15, 0.2) is 0 Å². The molecule has 0 aromatic heterocycles. The fraction of sp³-hybridized carbons (Fsp3) is 0.417. The van der Waals surface area contributed by atoms with E-state index in [1.165, 1.54) is 5.56 Å². The molecule has 0 unspecified atom stereocenters. The van der Waals surface area contributed by atoms with Gasteiger partial charge in [0.25, 0.3) is 0 Å². The normalized spacial score (nSPS) is 10.6. The lowest BCUT2D eigenvalue weighted by Crippen LogP contribution is -2.13. The van der Waals surface area contributed by atoms with Crippen molar-refractivity contribution >= 4 is 17.6 Å². The maximum atomic E-state index is 12.2. The fourth-order valence-corrected chi connectivity index (χ4v) is 2.71. The predicted molar refractivity (Wildman–Crippen MR) is 116 cm³/mol. The molecule has 1 N–H and O–H groups in total. The molecule has 5 heteroatoms. The van der Waals surface area contributed by atoms with E-state index < -0.39 is 0 Å². The largest absolute Gasteiger partial charge is 0.494 e. The molecule has 5 nitrogen and oxygen atoms in total. The van der Waals surface area contributed by atoms with Crippen molar-refractivity contribution in [2.75, 3.05) is 18.5 Å². The first-order valence-electron chi connectivity index (χ1n) is 10.3. The van der Waals surface area contributed by atoms with Crippen molar-refractivity contribution in [2.24, 2.45) is 0 Å². The fourth-order valence-electron chi connectivity index (χ4n) is 2.71. The lowest BCUT2D eigenvalue weighted by atomic mass is 10.0. The molecule has 0 saturated heterocycles. The second-order valence-electron chi connectivity index (χ2n) is 7.29. The molecule has 0 saturated carbocycles. The van der Waals surface area contributed by atoms with Gasteiger partial charge in [-0.2, -0.15) is 0 Å². The SMILES string of the molecule is CCCCOC(=O)c1cccc(NC(=O)CCCOc2ccc(C(C)C)cc2)c1.